The maximum absolute atomic E-state index is 13.2. The number of rotatable bonds is 8. The molecule has 0 radical (unpaired) electrons. The maximum atomic E-state index is 13.2. The number of nitrogens with one attached hydrogen (secondary N) is 1. The molecule has 1 N–H and O–H groups in total. The zero-order valence-corrected chi connectivity index (χ0v) is 16.1. The van der Waals surface area contributed by atoms with Crippen molar-refractivity contribution in [3.63, 3.8) is 0 Å². The second kappa shape index (κ2) is 8.00. The normalized spacial score (nSPS) is 20.9. The van der Waals surface area contributed by atoms with Gasteiger partial charge < -0.3 is 5.32 Å². The Morgan fingerprint density at radius 1 is 1.04 bits per heavy atom. The van der Waals surface area contributed by atoms with E-state index in [0.717, 1.165) is 18.7 Å². The Kier molecular flexibility index (Phi) is 6.22. The van der Waals surface area contributed by atoms with Crippen LogP contribution in [0, 0.1) is 11.8 Å². The summed E-state index contributed by atoms with van der Waals surface area (Å²) >= 11 is 0. The Morgan fingerprint density at radius 2 is 1.60 bits per heavy atom. The molecule has 1 aliphatic heterocycles. The number of carbonyl (C=O) groups excluding carboxylic acids is 2. The molecule has 2 rings (SSSR count). The van der Waals surface area contributed by atoms with Crippen molar-refractivity contribution in [2.75, 3.05) is 19.8 Å². The second-order valence-electron chi connectivity index (χ2n) is 7.75. The maximum Gasteiger partial charge on any atom is 0.326 e. The van der Waals surface area contributed by atoms with Crippen molar-refractivity contribution in [3.8, 4) is 0 Å². The van der Waals surface area contributed by atoms with Crippen molar-refractivity contribution in [1.82, 2.24) is 15.1 Å². The third-order valence-electron chi connectivity index (χ3n) is 4.56. The Hall–Kier alpha value is -1.88. The highest BCUT2D eigenvalue weighted by atomic mass is 16.2. The van der Waals surface area contributed by atoms with Gasteiger partial charge in [-0.05, 0) is 23.8 Å². The van der Waals surface area contributed by atoms with Crippen molar-refractivity contribution in [2.45, 2.75) is 46.6 Å². The number of hydrogen-bond acceptors (Lipinski definition) is 3. The molecule has 0 spiro atoms. The van der Waals surface area contributed by atoms with Crippen LogP contribution >= 0.6 is 0 Å². The van der Waals surface area contributed by atoms with Crippen LogP contribution in [0.4, 0.5) is 4.79 Å². The van der Waals surface area contributed by atoms with Gasteiger partial charge in [-0.25, -0.2) is 9.69 Å². The molecular formula is C20H31N3O2. The van der Waals surface area contributed by atoms with Crippen molar-refractivity contribution in [2.24, 2.45) is 11.8 Å². The van der Waals surface area contributed by atoms with Crippen LogP contribution in [-0.4, -0.2) is 41.5 Å². The summed E-state index contributed by atoms with van der Waals surface area (Å²) in [6.07, 6.45) is 0.534. The van der Waals surface area contributed by atoms with Gasteiger partial charge in [-0.1, -0.05) is 65.0 Å². The van der Waals surface area contributed by atoms with E-state index >= 15 is 0 Å². The van der Waals surface area contributed by atoms with Gasteiger partial charge >= 0.3 is 6.03 Å². The van der Waals surface area contributed by atoms with E-state index in [4.69, 9.17) is 0 Å². The SMILES string of the molecule is CC[C@]1(c2ccccc2)NC(=O)N(CN(CC(C)C)CC(C)C)C1=O. The highest BCUT2D eigenvalue weighted by Gasteiger charge is 2.51. The van der Waals surface area contributed by atoms with Crippen molar-refractivity contribution >= 4 is 11.9 Å². The highest BCUT2D eigenvalue weighted by Crippen LogP contribution is 2.32. The average Bonchev–Trinajstić information content (AvgIpc) is 2.79. The smallest absolute Gasteiger partial charge is 0.319 e. The van der Waals surface area contributed by atoms with E-state index < -0.39 is 5.54 Å². The third kappa shape index (κ3) is 4.21. The molecule has 3 amide bonds. The first-order chi connectivity index (χ1) is 11.8. The molecule has 1 aromatic rings. The van der Waals surface area contributed by atoms with E-state index in [0.29, 0.717) is 24.9 Å². The molecule has 0 aliphatic carbocycles. The largest absolute Gasteiger partial charge is 0.326 e. The topological polar surface area (TPSA) is 52.7 Å². The van der Waals surface area contributed by atoms with Gasteiger partial charge in [0.25, 0.3) is 5.91 Å². The lowest BCUT2D eigenvalue weighted by Gasteiger charge is -2.30. The summed E-state index contributed by atoms with van der Waals surface area (Å²) in [5, 5.41) is 2.96. The predicted octanol–water partition coefficient (Wildman–Crippen LogP) is 3.42. The number of carbonyl (C=O) groups is 2. The van der Waals surface area contributed by atoms with Crippen molar-refractivity contribution in [1.29, 1.82) is 0 Å². The minimum Gasteiger partial charge on any atom is -0.319 e. The monoisotopic (exact) mass is 345 g/mol. The molecule has 0 saturated carbocycles. The Balaban J connectivity index is 2.24. The van der Waals surface area contributed by atoms with Crippen LogP contribution in [0.1, 0.15) is 46.6 Å². The minimum atomic E-state index is -0.945. The van der Waals surface area contributed by atoms with Gasteiger partial charge in [0.1, 0.15) is 5.54 Å². The lowest BCUT2D eigenvalue weighted by Crippen LogP contribution is -2.46. The summed E-state index contributed by atoms with van der Waals surface area (Å²) in [6.45, 7) is 12.6. The molecule has 25 heavy (non-hydrogen) atoms. The predicted molar refractivity (Wildman–Crippen MR) is 99.9 cm³/mol. The van der Waals surface area contributed by atoms with E-state index in [-0.39, 0.29) is 11.9 Å². The van der Waals surface area contributed by atoms with Gasteiger partial charge in [0.15, 0.2) is 0 Å². The van der Waals surface area contributed by atoms with E-state index in [9.17, 15) is 9.59 Å². The zero-order valence-electron chi connectivity index (χ0n) is 16.1. The number of amides is 3. The summed E-state index contributed by atoms with van der Waals surface area (Å²) in [7, 11) is 0. The molecule has 138 valence electrons. The van der Waals surface area contributed by atoms with Crippen LogP contribution in [0.3, 0.4) is 0 Å². The van der Waals surface area contributed by atoms with Gasteiger partial charge in [0, 0.05) is 13.1 Å². The Bertz CT molecular complexity index is 590. The van der Waals surface area contributed by atoms with Crippen molar-refractivity contribution < 1.29 is 9.59 Å². The standard InChI is InChI=1S/C20H31N3O2/c1-6-20(17-10-8-7-9-11-17)18(24)23(19(25)21-20)14-22(12-15(2)3)13-16(4)5/h7-11,15-16H,6,12-14H2,1-5H3,(H,21,25)/t20-/m1/s1. The average molecular weight is 345 g/mol. The first-order valence-electron chi connectivity index (χ1n) is 9.22. The molecular weight excluding hydrogens is 314 g/mol. The van der Waals surface area contributed by atoms with Gasteiger partial charge in [0.2, 0.25) is 0 Å². The van der Waals surface area contributed by atoms with Crippen LogP contribution in [0.15, 0.2) is 30.3 Å². The number of benzene rings is 1. The molecule has 1 fully saturated rings. The first-order valence-corrected chi connectivity index (χ1v) is 9.22. The molecule has 0 unspecified atom stereocenters. The van der Waals surface area contributed by atoms with Gasteiger partial charge in [0.05, 0.1) is 6.67 Å². The lowest BCUT2D eigenvalue weighted by molar-refractivity contribution is -0.133. The number of nitrogens with zero attached hydrogens (tertiary/aromatic N) is 2. The van der Waals surface area contributed by atoms with E-state index in [1.807, 2.05) is 37.3 Å². The molecule has 5 nitrogen and oxygen atoms in total. The van der Waals surface area contributed by atoms with E-state index in [2.05, 4.69) is 37.9 Å². The molecule has 1 aliphatic rings. The number of hydrogen-bond donors (Lipinski definition) is 1. The second-order valence-corrected chi connectivity index (χ2v) is 7.75. The fourth-order valence-corrected chi connectivity index (χ4v) is 3.54. The van der Waals surface area contributed by atoms with Gasteiger partial charge in [-0.3, -0.25) is 9.69 Å². The summed E-state index contributed by atoms with van der Waals surface area (Å²) < 4.78 is 0. The molecule has 1 aromatic carbocycles. The minimum absolute atomic E-state index is 0.149. The quantitative estimate of drug-likeness (QED) is 0.735. The highest BCUT2D eigenvalue weighted by molar-refractivity contribution is 6.07. The van der Waals surface area contributed by atoms with E-state index in [1.54, 1.807) is 0 Å². The molecule has 1 atom stereocenters. The number of urea groups is 1. The summed E-state index contributed by atoms with van der Waals surface area (Å²) in [5.74, 6) is 0.804. The Morgan fingerprint density at radius 3 is 2.08 bits per heavy atom. The molecule has 0 bridgehead atoms. The molecule has 1 heterocycles. The summed E-state index contributed by atoms with van der Waals surface area (Å²) in [4.78, 5) is 29.4. The van der Waals surface area contributed by atoms with Crippen LogP contribution in [0.5, 0.6) is 0 Å². The Labute approximate surface area is 151 Å². The number of imide groups is 1. The summed E-state index contributed by atoms with van der Waals surface area (Å²) in [5.41, 5.74) is -0.0997. The fourth-order valence-electron chi connectivity index (χ4n) is 3.54. The van der Waals surface area contributed by atoms with Crippen LogP contribution in [-0.2, 0) is 10.3 Å². The van der Waals surface area contributed by atoms with Crippen LogP contribution < -0.4 is 5.32 Å². The van der Waals surface area contributed by atoms with Crippen LogP contribution in [0.2, 0.25) is 0 Å². The van der Waals surface area contributed by atoms with Gasteiger partial charge in [-0.2, -0.15) is 0 Å². The lowest BCUT2D eigenvalue weighted by atomic mass is 9.87. The van der Waals surface area contributed by atoms with E-state index in [1.165, 1.54) is 4.90 Å². The molecule has 0 aromatic heterocycles. The third-order valence-corrected chi connectivity index (χ3v) is 4.56. The van der Waals surface area contributed by atoms with Crippen LogP contribution in [0.25, 0.3) is 0 Å². The first kappa shape index (κ1) is 19.4. The zero-order chi connectivity index (χ0) is 18.6. The molecule has 5 heteroatoms. The summed E-state index contributed by atoms with van der Waals surface area (Å²) in [6, 6.07) is 9.24. The fraction of sp³-hybridized carbons (Fsp3) is 0.600. The van der Waals surface area contributed by atoms with Gasteiger partial charge in [-0.15, -0.1) is 0 Å². The molecule has 1 saturated heterocycles. The van der Waals surface area contributed by atoms with Crippen molar-refractivity contribution in [3.05, 3.63) is 35.9 Å².